The summed E-state index contributed by atoms with van der Waals surface area (Å²) < 4.78 is 0. The summed E-state index contributed by atoms with van der Waals surface area (Å²) in [6, 6.07) is -2.01. The third-order valence-corrected chi connectivity index (χ3v) is 3.69. The van der Waals surface area contributed by atoms with Crippen molar-refractivity contribution in [2.24, 2.45) is 11.3 Å². The van der Waals surface area contributed by atoms with Crippen molar-refractivity contribution in [2.75, 3.05) is 13.2 Å². The van der Waals surface area contributed by atoms with Crippen molar-refractivity contribution in [3.8, 4) is 0 Å². The molecule has 0 aliphatic rings. The Kier molecular flexibility index (Phi) is 10.6. The first-order valence-electron chi connectivity index (χ1n) is 9.10. The maximum Gasteiger partial charge on any atom is 0.303 e. The average Bonchev–Trinajstić information content (AvgIpc) is 2.53. The predicted molar refractivity (Wildman–Crippen MR) is 99.7 cm³/mol. The van der Waals surface area contributed by atoms with Crippen molar-refractivity contribution in [2.45, 2.75) is 66.0 Å². The van der Waals surface area contributed by atoms with Crippen molar-refractivity contribution < 1.29 is 29.4 Å². The molecule has 3 amide bonds. The number of aliphatic hydroxyl groups excluding tert-OH is 1. The number of aliphatic carboxylic acids is 1. The second kappa shape index (κ2) is 11.5. The molecule has 0 aromatic rings. The highest BCUT2D eigenvalue weighted by Crippen LogP contribution is 2.13. The molecule has 0 saturated heterocycles. The van der Waals surface area contributed by atoms with E-state index in [-0.39, 0.29) is 25.3 Å². The Labute approximate surface area is 160 Å². The minimum absolute atomic E-state index is 0.0626. The zero-order chi connectivity index (χ0) is 21.2. The monoisotopic (exact) mass is 387 g/mol. The van der Waals surface area contributed by atoms with Gasteiger partial charge in [-0.3, -0.25) is 19.2 Å². The molecule has 0 saturated carbocycles. The van der Waals surface area contributed by atoms with Crippen molar-refractivity contribution in [3.05, 3.63) is 0 Å². The number of hydrogen-bond acceptors (Lipinski definition) is 5. The predicted octanol–water partition coefficient (Wildman–Crippen LogP) is 0.0215. The molecule has 0 heterocycles. The Morgan fingerprint density at radius 1 is 0.963 bits per heavy atom. The van der Waals surface area contributed by atoms with Crippen LogP contribution < -0.4 is 16.0 Å². The summed E-state index contributed by atoms with van der Waals surface area (Å²) in [6.45, 7) is 8.41. The van der Waals surface area contributed by atoms with E-state index in [2.05, 4.69) is 16.0 Å². The molecule has 0 fully saturated rings. The average molecular weight is 387 g/mol. The van der Waals surface area contributed by atoms with E-state index in [4.69, 9.17) is 5.11 Å². The van der Waals surface area contributed by atoms with Crippen LogP contribution in [-0.2, 0) is 19.2 Å². The van der Waals surface area contributed by atoms with Crippen LogP contribution in [0.3, 0.4) is 0 Å². The molecule has 0 aliphatic carbocycles. The van der Waals surface area contributed by atoms with Crippen LogP contribution in [0, 0.1) is 11.3 Å². The third kappa shape index (κ3) is 10.5. The minimum atomic E-state index is -1.16. The van der Waals surface area contributed by atoms with Crippen LogP contribution in [0.1, 0.15) is 53.9 Å². The van der Waals surface area contributed by atoms with Crippen molar-refractivity contribution in [1.82, 2.24) is 16.0 Å². The quantitative estimate of drug-likeness (QED) is 0.316. The van der Waals surface area contributed by atoms with Crippen molar-refractivity contribution >= 4 is 23.7 Å². The van der Waals surface area contributed by atoms with E-state index in [0.717, 1.165) is 0 Å². The fraction of sp³-hybridized carbons (Fsp3) is 0.778. The molecule has 0 radical (unpaired) electrons. The van der Waals surface area contributed by atoms with Gasteiger partial charge in [-0.15, -0.1) is 0 Å². The lowest BCUT2D eigenvalue weighted by Gasteiger charge is -2.25. The number of carboxylic acids is 1. The highest BCUT2D eigenvalue weighted by atomic mass is 16.4. The zero-order valence-corrected chi connectivity index (χ0v) is 16.8. The summed E-state index contributed by atoms with van der Waals surface area (Å²) >= 11 is 0. The van der Waals surface area contributed by atoms with E-state index >= 15 is 0 Å². The summed E-state index contributed by atoms with van der Waals surface area (Å²) in [6.07, 6.45) is 0.582. The van der Waals surface area contributed by atoms with E-state index in [0.29, 0.717) is 6.42 Å². The Bertz CT molecular complexity index is 528. The highest BCUT2D eigenvalue weighted by Gasteiger charge is 2.30. The number of carboxylic acid groups (broad SMARTS) is 1. The maximum atomic E-state index is 12.4. The molecule has 9 heteroatoms. The standard InChI is InChI=1S/C18H33N3O6/c1-11(2)9-12(15(25)19-8-6-7-14(23)24)20-16(26)13(10-22)21-17(27)18(3,4)5/h11-13,22H,6-10H2,1-5H3,(H,19,25)(H,20,26)(H,21,27)(H,23,24)/t12-,13-/m0/s1. The normalized spacial score (nSPS) is 13.6. The fourth-order valence-electron chi connectivity index (χ4n) is 2.12. The zero-order valence-electron chi connectivity index (χ0n) is 16.8. The Hall–Kier alpha value is -2.16. The van der Waals surface area contributed by atoms with Gasteiger partial charge < -0.3 is 26.2 Å². The van der Waals surface area contributed by atoms with Crippen LogP contribution in [0.4, 0.5) is 0 Å². The molecular weight excluding hydrogens is 354 g/mol. The molecule has 0 aromatic carbocycles. The van der Waals surface area contributed by atoms with Gasteiger partial charge in [-0.05, 0) is 18.8 Å². The Morgan fingerprint density at radius 3 is 2.00 bits per heavy atom. The topological polar surface area (TPSA) is 145 Å². The van der Waals surface area contributed by atoms with E-state index in [1.807, 2.05) is 13.8 Å². The van der Waals surface area contributed by atoms with Gasteiger partial charge in [0.1, 0.15) is 12.1 Å². The number of carbonyl (C=O) groups excluding carboxylic acids is 3. The molecule has 0 aromatic heterocycles. The number of carbonyl (C=O) groups is 4. The molecule has 0 spiro atoms. The summed E-state index contributed by atoms with van der Waals surface area (Å²) in [5.41, 5.74) is -0.730. The van der Waals surface area contributed by atoms with Crippen LogP contribution in [-0.4, -0.2) is 59.1 Å². The van der Waals surface area contributed by atoms with Gasteiger partial charge in [0.2, 0.25) is 17.7 Å². The van der Waals surface area contributed by atoms with E-state index in [1.54, 1.807) is 20.8 Å². The summed E-state index contributed by atoms with van der Waals surface area (Å²) in [4.78, 5) is 47.3. The van der Waals surface area contributed by atoms with Crippen LogP contribution in [0.2, 0.25) is 0 Å². The lowest BCUT2D eigenvalue weighted by molar-refractivity contribution is -0.137. The van der Waals surface area contributed by atoms with Gasteiger partial charge in [-0.25, -0.2) is 0 Å². The van der Waals surface area contributed by atoms with E-state index < -0.39 is 47.8 Å². The molecule has 156 valence electrons. The number of aliphatic hydroxyl groups is 1. The minimum Gasteiger partial charge on any atom is -0.481 e. The van der Waals surface area contributed by atoms with Crippen molar-refractivity contribution in [3.63, 3.8) is 0 Å². The first-order chi connectivity index (χ1) is 12.4. The van der Waals surface area contributed by atoms with Gasteiger partial charge in [-0.1, -0.05) is 34.6 Å². The molecular formula is C18H33N3O6. The van der Waals surface area contributed by atoms with Crippen LogP contribution in [0.15, 0.2) is 0 Å². The van der Waals surface area contributed by atoms with Gasteiger partial charge in [0.15, 0.2) is 0 Å². The lowest BCUT2D eigenvalue weighted by Crippen LogP contribution is -2.56. The van der Waals surface area contributed by atoms with Gasteiger partial charge >= 0.3 is 5.97 Å². The third-order valence-electron chi connectivity index (χ3n) is 3.69. The number of rotatable bonds is 11. The summed E-state index contributed by atoms with van der Waals surface area (Å²) in [7, 11) is 0. The lowest BCUT2D eigenvalue weighted by atomic mass is 9.95. The van der Waals surface area contributed by atoms with Crippen LogP contribution >= 0.6 is 0 Å². The molecule has 5 N–H and O–H groups in total. The smallest absolute Gasteiger partial charge is 0.303 e. The fourth-order valence-corrected chi connectivity index (χ4v) is 2.12. The molecule has 0 aliphatic heterocycles. The molecule has 0 bridgehead atoms. The number of nitrogens with one attached hydrogen (secondary N) is 3. The first-order valence-corrected chi connectivity index (χ1v) is 9.10. The van der Waals surface area contributed by atoms with Gasteiger partial charge in [-0.2, -0.15) is 0 Å². The van der Waals surface area contributed by atoms with Crippen LogP contribution in [0.25, 0.3) is 0 Å². The highest BCUT2D eigenvalue weighted by molar-refractivity contribution is 5.93. The van der Waals surface area contributed by atoms with Crippen molar-refractivity contribution in [1.29, 1.82) is 0 Å². The SMILES string of the molecule is CC(C)C[C@H](NC(=O)[C@H](CO)NC(=O)C(C)(C)C)C(=O)NCCCC(=O)O. The van der Waals surface area contributed by atoms with E-state index in [1.165, 1.54) is 0 Å². The number of hydrogen-bond donors (Lipinski definition) is 5. The maximum absolute atomic E-state index is 12.4. The largest absolute Gasteiger partial charge is 0.481 e. The molecule has 9 nitrogen and oxygen atoms in total. The summed E-state index contributed by atoms with van der Waals surface area (Å²) in [5, 5.41) is 25.7. The molecule has 0 rings (SSSR count). The number of amides is 3. The van der Waals surface area contributed by atoms with Gasteiger partial charge in [0, 0.05) is 18.4 Å². The first kappa shape index (κ1) is 24.8. The molecule has 2 atom stereocenters. The van der Waals surface area contributed by atoms with Gasteiger partial charge in [0.25, 0.3) is 0 Å². The second-order valence-electron chi connectivity index (χ2n) is 7.94. The molecule has 0 unspecified atom stereocenters. The van der Waals surface area contributed by atoms with Gasteiger partial charge in [0.05, 0.1) is 6.61 Å². The Balaban J connectivity index is 4.88. The van der Waals surface area contributed by atoms with E-state index in [9.17, 15) is 24.3 Å². The Morgan fingerprint density at radius 2 is 1.56 bits per heavy atom. The molecule has 27 heavy (non-hydrogen) atoms. The summed E-state index contributed by atoms with van der Waals surface area (Å²) in [5.74, 6) is -2.31. The van der Waals surface area contributed by atoms with Crippen LogP contribution in [0.5, 0.6) is 0 Å². The second-order valence-corrected chi connectivity index (χ2v) is 7.94.